The van der Waals surface area contributed by atoms with Crippen molar-refractivity contribution in [3.63, 3.8) is 0 Å². The number of carbonyl (C=O) groups excluding carboxylic acids is 2. The van der Waals surface area contributed by atoms with E-state index in [1.807, 2.05) is 85.8 Å². The van der Waals surface area contributed by atoms with Crippen LogP contribution in [0.3, 0.4) is 0 Å². The summed E-state index contributed by atoms with van der Waals surface area (Å²) in [6.07, 6.45) is 0. The second-order valence-electron chi connectivity index (χ2n) is 6.93. The number of thioether (sulfide) groups is 1. The van der Waals surface area contributed by atoms with Crippen LogP contribution in [-0.2, 0) is 9.59 Å². The van der Waals surface area contributed by atoms with Gasteiger partial charge in [0, 0.05) is 22.7 Å². The Kier molecular flexibility index (Phi) is 7.51. The SMILES string of the molecule is Cc1ccc(NC(=O)CSC(C)C(=O)Nc2ccc(Nc3ccccc3)cc2)cc1. The minimum atomic E-state index is -0.351. The highest BCUT2D eigenvalue weighted by Gasteiger charge is 2.15. The van der Waals surface area contributed by atoms with Gasteiger partial charge < -0.3 is 16.0 Å². The van der Waals surface area contributed by atoms with Gasteiger partial charge in [-0.1, -0.05) is 35.9 Å². The predicted octanol–water partition coefficient (Wildman–Crippen LogP) is 5.44. The molecule has 3 aromatic carbocycles. The van der Waals surface area contributed by atoms with E-state index in [9.17, 15) is 9.59 Å². The number of para-hydroxylation sites is 1. The third-order valence-electron chi connectivity index (χ3n) is 4.38. The molecule has 0 heterocycles. The third kappa shape index (κ3) is 6.67. The molecule has 0 fully saturated rings. The molecule has 5 nitrogen and oxygen atoms in total. The Morgan fingerprint density at radius 1 is 0.767 bits per heavy atom. The molecule has 0 bridgehead atoms. The lowest BCUT2D eigenvalue weighted by Gasteiger charge is -2.13. The number of amides is 2. The molecule has 0 aliphatic rings. The first-order valence-corrected chi connectivity index (χ1v) is 10.8. The number of hydrogen-bond acceptors (Lipinski definition) is 4. The second-order valence-corrected chi connectivity index (χ2v) is 8.25. The molecule has 0 aromatic heterocycles. The number of benzene rings is 3. The minimum Gasteiger partial charge on any atom is -0.356 e. The van der Waals surface area contributed by atoms with Crippen LogP contribution in [0.2, 0.25) is 0 Å². The van der Waals surface area contributed by atoms with Gasteiger partial charge >= 0.3 is 0 Å². The molecular weight excluding hydrogens is 394 g/mol. The van der Waals surface area contributed by atoms with Crippen molar-refractivity contribution in [1.82, 2.24) is 0 Å². The summed E-state index contributed by atoms with van der Waals surface area (Å²) in [5.41, 5.74) is 4.55. The molecule has 1 unspecified atom stereocenters. The average Bonchev–Trinajstić information content (AvgIpc) is 2.76. The van der Waals surface area contributed by atoms with E-state index in [1.165, 1.54) is 11.8 Å². The Morgan fingerprint density at radius 3 is 1.97 bits per heavy atom. The quantitative estimate of drug-likeness (QED) is 0.455. The van der Waals surface area contributed by atoms with Gasteiger partial charge in [0.25, 0.3) is 0 Å². The van der Waals surface area contributed by atoms with Crippen LogP contribution in [0.1, 0.15) is 12.5 Å². The normalized spacial score (nSPS) is 11.4. The van der Waals surface area contributed by atoms with Crippen LogP contribution < -0.4 is 16.0 Å². The van der Waals surface area contributed by atoms with Gasteiger partial charge in [-0.05, 0) is 62.4 Å². The van der Waals surface area contributed by atoms with Crippen LogP contribution in [0.5, 0.6) is 0 Å². The molecule has 2 amide bonds. The average molecular weight is 420 g/mol. The molecule has 0 saturated heterocycles. The second kappa shape index (κ2) is 10.5. The lowest BCUT2D eigenvalue weighted by atomic mass is 10.2. The van der Waals surface area contributed by atoms with Crippen molar-refractivity contribution in [2.75, 3.05) is 21.7 Å². The Hall–Kier alpha value is -3.25. The van der Waals surface area contributed by atoms with E-state index in [1.54, 1.807) is 6.92 Å². The molecule has 6 heteroatoms. The van der Waals surface area contributed by atoms with E-state index < -0.39 is 0 Å². The lowest BCUT2D eigenvalue weighted by Crippen LogP contribution is -2.25. The predicted molar refractivity (Wildman–Crippen MR) is 127 cm³/mol. The summed E-state index contributed by atoms with van der Waals surface area (Å²) >= 11 is 1.30. The molecule has 0 aliphatic heterocycles. The van der Waals surface area contributed by atoms with Crippen LogP contribution >= 0.6 is 11.8 Å². The van der Waals surface area contributed by atoms with E-state index in [4.69, 9.17) is 0 Å². The summed E-state index contributed by atoms with van der Waals surface area (Å²) in [7, 11) is 0. The van der Waals surface area contributed by atoms with Crippen molar-refractivity contribution < 1.29 is 9.59 Å². The number of nitrogens with one attached hydrogen (secondary N) is 3. The zero-order valence-electron chi connectivity index (χ0n) is 17.0. The summed E-state index contributed by atoms with van der Waals surface area (Å²) in [5.74, 6) is -0.0469. The Labute approximate surface area is 181 Å². The number of rotatable bonds is 8. The van der Waals surface area contributed by atoms with Crippen LogP contribution in [0.15, 0.2) is 78.9 Å². The van der Waals surface area contributed by atoms with E-state index in [-0.39, 0.29) is 22.8 Å². The smallest absolute Gasteiger partial charge is 0.237 e. The number of carbonyl (C=O) groups is 2. The summed E-state index contributed by atoms with van der Waals surface area (Å²) in [6, 6.07) is 25.0. The van der Waals surface area contributed by atoms with Gasteiger partial charge in [0.1, 0.15) is 0 Å². The first-order chi connectivity index (χ1) is 14.5. The first kappa shape index (κ1) is 21.5. The minimum absolute atomic E-state index is 0.125. The zero-order chi connectivity index (χ0) is 21.3. The summed E-state index contributed by atoms with van der Waals surface area (Å²) in [6.45, 7) is 3.79. The maximum absolute atomic E-state index is 12.4. The zero-order valence-corrected chi connectivity index (χ0v) is 17.8. The lowest BCUT2D eigenvalue weighted by molar-refractivity contribution is -0.115. The van der Waals surface area contributed by atoms with Gasteiger partial charge in [0.2, 0.25) is 11.8 Å². The highest BCUT2D eigenvalue weighted by molar-refractivity contribution is 8.01. The number of aryl methyl sites for hydroxylation is 1. The topological polar surface area (TPSA) is 70.2 Å². The van der Waals surface area contributed by atoms with E-state index >= 15 is 0 Å². The molecule has 3 N–H and O–H groups in total. The fraction of sp³-hybridized carbons (Fsp3) is 0.167. The fourth-order valence-corrected chi connectivity index (χ4v) is 3.36. The molecule has 0 spiro atoms. The summed E-state index contributed by atoms with van der Waals surface area (Å²) in [5, 5.41) is 8.68. The van der Waals surface area contributed by atoms with Crippen molar-refractivity contribution in [2.45, 2.75) is 19.1 Å². The molecule has 0 radical (unpaired) electrons. The Balaban J connectivity index is 1.44. The Bertz CT molecular complexity index is 974. The molecule has 30 heavy (non-hydrogen) atoms. The largest absolute Gasteiger partial charge is 0.356 e. The van der Waals surface area contributed by atoms with Crippen molar-refractivity contribution >= 4 is 46.3 Å². The third-order valence-corrected chi connectivity index (χ3v) is 5.53. The van der Waals surface area contributed by atoms with Crippen molar-refractivity contribution in [3.8, 4) is 0 Å². The van der Waals surface area contributed by atoms with Crippen molar-refractivity contribution in [3.05, 3.63) is 84.4 Å². The maximum atomic E-state index is 12.4. The Morgan fingerprint density at radius 2 is 1.30 bits per heavy atom. The van der Waals surface area contributed by atoms with Crippen LogP contribution in [0.25, 0.3) is 0 Å². The summed E-state index contributed by atoms with van der Waals surface area (Å²) in [4.78, 5) is 24.5. The molecule has 0 aliphatic carbocycles. The van der Waals surface area contributed by atoms with E-state index in [0.29, 0.717) is 0 Å². The molecule has 3 aromatic rings. The monoisotopic (exact) mass is 419 g/mol. The van der Waals surface area contributed by atoms with Gasteiger partial charge in [0.05, 0.1) is 11.0 Å². The van der Waals surface area contributed by atoms with Gasteiger partial charge in [-0.15, -0.1) is 11.8 Å². The molecule has 154 valence electrons. The molecule has 3 rings (SSSR count). The van der Waals surface area contributed by atoms with E-state index in [0.717, 1.165) is 28.3 Å². The standard InChI is InChI=1S/C24H25N3O2S/c1-17-8-10-21(11-9-17)26-23(28)16-30-18(2)24(29)27-22-14-12-20(13-15-22)25-19-6-4-3-5-7-19/h3-15,18,25H,16H2,1-2H3,(H,26,28)(H,27,29). The van der Waals surface area contributed by atoms with Crippen molar-refractivity contribution in [1.29, 1.82) is 0 Å². The maximum Gasteiger partial charge on any atom is 0.237 e. The van der Waals surface area contributed by atoms with Gasteiger partial charge in [-0.25, -0.2) is 0 Å². The highest BCUT2D eigenvalue weighted by Crippen LogP contribution is 2.20. The van der Waals surface area contributed by atoms with E-state index in [2.05, 4.69) is 16.0 Å². The van der Waals surface area contributed by atoms with Crippen molar-refractivity contribution in [2.24, 2.45) is 0 Å². The van der Waals surface area contributed by atoms with Crippen LogP contribution in [0, 0.1) is 6.92 Å². The molecule has 0 saturated carbocycles. The van der Waals surface area contributed by atoms with Crippen LogP contribution in [0.4, 0.5) is 22.7 Å². The number of hydrogen-bond donors (Lipinski definition) is 3. The van der Waals surface area contributed by atoms with Gasteiger partial charge in [-0.2, -0.15) is 0 Å². The van der Waals surface area contributed by atoms with Crippen LogP contribution in [-0.4, -0.2) is 22.8 Å². The summed E-state index contributed by atoms with van der Waals surface area (Å²) < 4.78 is 0. The highest BCUT2D eigenvalue weighted by atomic mass is 32.2. The van der Waals surface area contributed by atoms with Gasteiger partial charge in [0.15, 0.2) is 0 Å². The fourth-order valence-electron chi connectivity index (χ4n) is 2.68. The molecule has 1 atom stereocenters. The molecular formula is C24H25N3O2S. The van der Waals surface area contributed by atoms with Gasteiger partial charge in [-0.3, -0.25) is 9.59 Å². The number of anilines is 4. The first-order valence-electron chi connectivity index (χ1n) is 9.71.